The molecule has 0 radical (unpaired) electrons. The van der Waals surface area contributed by atoms with Gasteiger partial charge in [0.2, 0.25) is 0 Å². The molecular weight excluding hydrogens is 374 g/mol. The number of carbonyl (C=O) groups is 1. The minimum Gasteiger partial charge on any atom is -0.349 e. The molecule has 2 aromatic rings. The molecule has 0 aromatic heterocycles. The van der Waals surface area contributed by atoms with Gasteiger partial charge in [-0.1, -0.05) is 25.3 Å². The third-order valence-corrected chi connectivity index (χ3v) is 5.89. The van der Waals surface area contributed by atoms with Gasteiger partial charge in [-0.15, -0.1) is 0 Å². The highest BCUT2D eigenvalue weighted by atomic mass is 32.2. The molecule has 144 valence electrons. The minimum absolute atomic E-state index is 0.0953. The van der Waals surface area contributed by atoms with Crippen LogP contribution >= 0.6 is 0 Å². The maximum Gasteiger partial charge on any atom is 0.262 e. The smallest absolute Gasteiger partial charge is 0.262 e. The van der Waals surface area contributed by atoms with E-state index >= 15 is 0 Å². The lowest BCUT2D eigenvalue weighted by Gasteiger charge is -2.22. The zero-order chi connectivity index (χ0) is 19.4. The average Bonchev–Trinajstić information content (AvgIpc) is 2.65. The number of nitrogens with one attached hydrogen (secondary N) is 2. The minimum atomic E-state index is -4.13. The van der Waals surface area contributed by atoms with E-state index in [1.165, 1.54) is 24.3 Å². The number of anilines is 1. The number of hydrogen-bond donors (Lipinski definition) is 2. The first-order valence-corrected chi connectivity index (χ1v) is 10.2. The fourth-order valence-corrected chi connectivity index (χ4v) is 4.21. The Labute approximate surface area is 156 Å². The van der Waals surface area contributed by atoms with E-state index in [0.717, 1.165) is 44.2 Å². The van der Waals surface area contributed by atoms with Gasteiger partial charge >= 0.3 is 0 Å². The molecule has 1 fully saturated rings. The molecule has 3 rings (SSSR count). The molecule has 5 nitrogen and oxygen atoms in total. The molecule has 0 unspecified atom stereocenters. The van der Waals surface area contributed by atoms with Gasteiger partial charge in [-0.05, 0) is 43.2 Å². The second-order valence-corrected chi connectivity index (χ2v) is 8.25. The number of amides is 1. The van der Waals surface area contributed by atoms with Gasteiger partial charge in [0.15, 0.2) is 0 Å². The van der Waals surface area contributed by atoms with Crippen molar-refractivity contribution in [3.05, 3.63) is 59.7 Å². The van der Waals surface area contributed by atoms with Crippen molar-refractivity contribution in [2.45, 2.75) is 43.0 Å². The zero-order valence-electron chi connectivity index (χ0n) is 14.5. The van der Waals surface area contributed by atoms with E-state index in [-0.39, 0.29) is 28.1 Å². The van der Waals surface area contributed by atoms with Gasteiger partial charge in [0.05, 0.1) is 10.6 Å². The maximum atomic E-state index is 13.7. The van der Waals surface area contributed by atoms with Crippen LogP contribution in [0.15, 0.2) is 47.4 Å². The normalized spacial score (nSPS) is 15.3. The Hall–Kier alpha value is -2.48. The monoisotopic (exact) mass is 394 g/mol. The highest BCUT2D eigenvalue weighted by Gasteiger charge is 2.20. The molecule has 0 bridgehead atoms. The van der Waals surface area contributed by atoms with E-state index in [4.69, 9.17) is 0 Å². The van der Waals surface area contributed by atoms with E-state index in [1.807, 2.05) is 0 Å². The standard InChI is InChI=1S/C19H20F2N2O3S/c20-14-9-10-18(17(21)12-14)23-27(25,26)16-8-4-5-13(11-16)19(24)22-15-6-2-1-3-7-15/h4-5,8-12,15,23H,1-3,6-7H2,(H,22,24). The number of carbonyl (C=O) groups excluding carboxylic acids is 1. The quantitative estimate of drug-likeness (QED) is 0.809. The fraction of sp³-hybridized carbons (Fsp3) is 0.316. The molecular formula is C19H20F2N2O3S. The van der Waals surface area contributed by atoms with Gasteiger partial charge in [-0.2, -0.15) is 0 Å². The van der Waals surface area contributed by atoms with Crippen molar-refractivity contribution in [1.82, 2.24) is 5.32 Å². The van der Waals surface area contributed by atoms with Crippen molar-refractivity contribution in [3.8, 4) is 0 Å². The first-order valence-electron chi connectivity index (χ1n) is 8.74. The van der Waals surface area contributed by atoms with Crippen LogP contribution < -0.4 is 10.0 Å². The summed E-state index contributed by atoms with van der Waals surface area (Å²) in [6.45, 7) is 0. The van der Waals surface area contributed by atoms with Crippen LogP contribution in [0, 0.1) is 11.6 Å². The van der Waals surface area contributed by atoms with Crippen LogP contribution in [0.2, 0.25) is 0 Å². The van der Waals surface area contributed by atoms with Crippen LogP contribution in [-0.4, -0.2) is 20.4 Å². The van der Waals surface area contributed by atoms with Gasteiger partial charge < -0.3 is 5.32 Å². The van der Waals surface area contributed by atoms with Crippen molar-refractivity contribution >= 4 is 21.6 Å². The maximum absolute atomic E-state index is 13.7. The van der Waals surface area contributed by atoms with Crippen LogP contribution in [0.3, 0.4) is 0 Å². The van der Waals surface area contributed by atoms with Gasteiger partial charge in [0.25, 0.3) is 15.9 Å². The number of sulfonamides is 1. The molecule has 27 heavy (non-hydrogen) atoms. The number of halogens is 2. The molecule has 8 heteroatoms. The van der Waals surface area contributed by atoms with Crippen molar-refractivity contribution < 1.29 is 22.0 Å². The molecule has 1 saturated carbocycles. The Bertz CT molecular complexity index is 942. The summed E-state index contributed by atoms with van der Waals surface area (Å²) in [4.78, 5) is 12.2. The van der Waals surface area contributed by atoms with Gasteiger partial charge in [0, 0.05) is 17.7 Å². The van der Waals surface area contributed by atoms with Crippen molar-refractivity contribution in [2.75, 3.05) is 4.72 Å². The van der Waals surface area contributed by atoms with E-state index < -0.39 is 21.7 Å². The topological polar surface area (TPSA) is 75.3 Å². The summed E-state index contributed by atoms with van der Waals surface area (Å²) in [5.41, 5.74) is -0.156. The van der Waals surface area contributed by atoms with Crippen LogP contribution in [-0.2, 0) is 10.0 Å². The van der Waals surface area contributed by atoms with Crippen molar-refractivity contribution in [1.29, 1.82) is 0 Å². The predicted molar refractivity (Wildman–Crippen MR) is 97.9 cm³/mol. The summed E-state index contributed by atoms with van der Waals surface area (Å²) in [6.07, 6.45) is 5.11. The summed E-state index contributed by atoms with van der Waals surface area (Å²) in [5, 5.41) is 2.92. The number of benzene rings is 2. The Morgan fingerprint density at radius 2 is 1.74 bits per heavy atom. The Morgan fingerprint density at radius 3 is 2.44 bits per heavy atom. The fourth-order valence-electron chi connectivity index (χ4n) is 3.10. The van der Waals surface area contributed by atoms with Crippen LogP contribution in [0.4, 0.5) is 14.5 Å². The summed E-state index contributed by atoms with van der Waals surface area (Å²) >= 11 is 0. The van der Waals surface area contributed by atoms with E-state index in [1.54, 1.807) is 0 Å². The summed E-state index contributed by atoms with van der Waals surface area (Å²) in [6, 6.07) is 8.16. The Kier molecular flexibility index (Phi) is 5.74. The van der Waals surface area contributed by atoms with Crippen molar-refractivity contribution in [3.63, 3.8) is 0 Å². The molecule has 2 N–H and O–H groups in total. The first kappa shape index (κ1) is 19.3. The van der Waals surface area contributed by atoms with Crippen molar-refractivity contribution in [2.24, 2.45) is 0 Å². The number of hydrogen-bond acceptors (Lipinski definition) is 3. The summed E-state index contributed by atoms with van der Waals surface area (Å²) in [7, 11) is -4.13. The summed E-state index contributed by atoms with van der Waals surface area (Å²) < 4.78 is 53.8. The predicted octanol–water partition coefficient (Wildman–Crippen LogP) is 3.83. The molecule has 0 heterocycles. The Balaban J connectivity index is 1.77. The lowest BCUT2D eigenvalue weighted by molar-refractivity contribution is 0.0927. The highest BCUT2D eigenvalue weighted by Crippen LogP contribution is 2.21. The van der Waals surface area contributed by atoms with E-state index in [2.05, 4.69) is 10.0 Å². The molecule has 0 spiro atoms. The molecule has 1 aliphatic rings. The average molecular weight is 394 g/mol. The van der Waals surface area contributed by atoms with Gasteiger partial charge in [-0.3, -0.25) is 9.52 Å². The highest BCUT2D eigenvalue weighted by molar-refractivity contribution is 7.92. The van der Waals surface area contributed by atoms with Gasteiger partial charge in [-0.25, -0.2) is 17.2 Å². The second-order valence-electron chi connectivity index (χ2n) is 6.57. The lowest BCUT2D eigenvalue weighted by Crippen LogP contribution is -2.36. The Morgan fingerprint density at radius 1 is 1.00 bits per heavy atom. The summed E-state index contributed by atoms with van der Waals surface area (Å²) in [5.74, 6) is -2.17. The molecule has 0 aliphatic heterocycles. The molecule has 0 atom stereocenters. The molecule has 1 amide bonds. The largest absolute Gasteiger partial charge is 0.349 e. The number of rotatable bonds is 5. The first-order chi connectivity index (χ1) is 12.8. The SMILES string of the molecule is O=C(NC1CCCCC1)c1cccc(S(=O)(=O)Nc2ccc(F)cc2F)c1. The van der Waals surface area contributed by atoms with Crippen LogP contribution in [0.1, 0.15) is 42.5 Å². The second kappa shape index (κ2) is 8.04. The van der Waals surface area contributed by atoms with Crippen LogP contribution in [0.25, 0.3) is 0 Å². The van der Waals surface area contributed by atoms with Crippen LogP contribution in [0.5, 0.6) is 0 Å². The third kappa shape index (κ3) is 4.82. The zero-order valence-corrected chi connectivity index (χ0v) is 15.4. The molecule has 1 aliphatic carbocycles. The van der Waals surface area contributed by atoms with E-state index in [0.29, 0.717) is 6.07 Å². The third-order valence-electron chi connectivity index (χ3n) is 4.52. The van der Waals surface area contributed by atoms with E-state index in [9.17, 15) is 22.0 Å². The van der Waals surface area contributed by atoms with Gasteiger partial charge in [0.1, 0.15) is 11.6 Å². The molecule has 2 aromatic carbocycles. The lowest BCUT2D eigenvalue weighted by atomic mass is 9.95. The molecule has 0 saturated heterocycles.